The van der Waals surface area contributed by atoms with E-state index in [1.165, 1.54) is 31.4 Å². The molecule has 0 radical (unpaired) electrons. The molecule has 0 fully saturated rings. The second-order valence-corrected chi connectivity index (χ2v) is 4.07. The van der Waals surface area contributed by atoms with E-state index in [1.807, 2.05) is 0 Å². The Morgan fingerprint density at radius 3 is 2.35 bits per heavy atom. The van der Waals surface area contributed by atoms with Crippen LogP contribution in [0.25, 0.3) is 0 Å². The lowest BCUT2D eigenvalue weighted by Gasteiger charge is -2.24. The van der Waals surface area contributed by atoms with Crippen LogP contribution >= 0.6 is 0 Å². The first-order chi connectivity index (χ1) is 9.29. The molecule has 0 spiro atoms. The third-order valence-electron chi connectivity index (χ3n) is 2.66. The smallest absolute Gasteiger partial charge is 0.471 e. The Morgan fingerprint density at radius 2 is 1.95 bits per heavy atom. The molecule has 0 aliphatic rings. The average Bonchev–Trinajstić information content (AvgIpc) is 2.42. The van der Waals surface area contributed by atoms with Crippen molar-refractivity contribution in [3.05, 3.63) is 29.8 Å². The van der Waals surface area contributed by atoms with Crippen LogP contribution in [0.3, 0.4) is 0 Å². The minimum absolute atomic E-state index is 0.338. The number of halogens is 3. The number of hydrogen-bond donors (Lipinski definition) is 3. The number of nitrogens with two attached hydrogens (primary N) is 1. The highest BCUT2D eigenvalue weighted by Gasteiger charge is 2.40. The van der Waals surface area contributed by atoms with Crippen molar-refractivity contribution in [2.24, 2.45) is 5.73 Å². The van der Waals surface area contributed by atoms with Gasteiger partial charge in [0, 0.05) is 0 Å². The maximum Gasteiger partial charge on any atom is 0.471 e. The van der Waals surface area contributed by atoms with Gasteiger partial charge in [-0.1, -0.05) is 12.1 Å². The van der Waals surface area contributed by atoms with Crippen molar-refractivity contribution in [2.45, 2.75) is 18.3 Å². The molecule has 1 rings (SSSR count). The van der Waals surface area contributed by atoms with Crippen LogP contribution in [0.2, 0.25) is 0 Å². The lowest BCUT2D eigenvalue weighted by Crippen LogP contribution is -2.47. The van der Waals surface area contributed by atoms with E-state index in [9.17, 15) is 18.0 Å². The summed E-state index contributed by atoms with van der Waals surface area (Å²) in [6.07, 6.45) is -5.01. The van der Waals surface area contributed by atoms with Gasteiger partial charge >= 0.3 is 12.1 Å². The fraction of sp³-hybridized carbons (Fsp3) is 0.417. The lowest BCUT2D eigenvalue weighted by atomic mass is 10.00. The lowest BCUT2D eigenvalue weighted by molar-refractivity contribution is -0.174. The highest BCUT2D eigenvalue weighted by atomic mass is 19.4. The van der Waals surface area contributed by atoms with E-state index in [1.54, 1.807) is 5.32 Å². The van der Waals surface area contributed by atoms with Gasteiger partial charge in [0.2, 0.25) is 0 Å². The van der Waals surface area contributed by atoms with E-state index < -0.39 is 30.8 Å². The van der Waals surface area contributed by atoms with Crippen LogP contribution < -0.4 is 15.8 Å². The van der Waals surface area contributed by atoms with Crippen molar-refractivity contribution in [3.63, 3.8) is 0 Å². The molecular weight excluding hydrogens is 277 g/mol. The van der Waals surface area contributed by atoms with Crippen molar-refractivity contribution in [1.82, 2.24) is 5.32 Å². The molecule has 4 N–H and O–H groups in total. The SMILES string of the molecule is COc1ccc(C(NC(=O)C(F)(F)F)C(N)CO)cc1. The van der Waals surface area contributed by atoms with Gasteiger partial charge in [-0.05, 0) is 17.7 Å². The maximum atomic E-state index is 12.3. The Kier molecular flexibility index (Phi) is 5.34. The van der Waals surface area contributed by atoms with Crippen LogP contribution in [-0.2, 0) is 4.79 Å². The quantitative estimate of drug-likeness (QED) is 0.747. The number of ether oxygens (including phenoxy) is 1. The van der Waals surface area contributed by atoms with Crippen molar-refractivity contribution in [2.75, 3.05) is 13.7 Å². The molecule has 0 saturated carbocycles. The highest BCUT2D eigenvalue weighted by molar-refractivity contribution is 5.82. The number of aliphatic hydroxyl groups excluding tert-OH is 1. The number of nitrogens with one attached hydrogen (secondary N) is 1. The fourth-order valence-corrected chi connectivity index (χ4v) is 1.58. The van der Waals surface area contributed by atoms with E-state index in [-0.39, 0.29) is 0 Å². The number of carbonyl (C=O) groups excluding carboxylic acids is 1. The van der Waals surface area contributed by atoms with Crippen LogP contribution in [0.5, 0.6) is 5.75 Å². The van der Waals surface area contributed by atoms with E-state index in [0.717, 1.165) is 0 Å². The van der Waals surface area contributed by atoms with Crippen LogP contribution in [0.1, 0.15) is 11.6 Å². The molecule has 1 aromatic carbocycles. The highest BCUT2D eigenvalue weighted by Crippen LogP contribution is 2.22. The topological polar surface area (TPSA) is 84.6 Å². The predicted molar refractivity (Wildman–Crippen MR) is 65.0 cm³/mol. The molecule has 1 aromatic rings. The summed E-state index contributed by atoms with van der Waals surface area (Å²) in [6, 6.07) is 3.76. The predicted octanol–water partition coefficient (Wildman–Crippen LogP) is 0.734. The molecular formula is C12H15F3N2O3. The van der Waals surface area contributed by atoms with Crippen molar-refractivity contribution < 1.29 is 27.8 Å². The molecule has 0 aliphatic carbocycles. The van der Waals surface area contributed by atoms with Crippen molar-refractivity contribution in [3.8, 4) is 5.75 Å². The van der Waals surface area contributed by atoms with Crippen molar-refractivity contribution in [1.29, 1.82) is 0 Å². The molecule has 2 unspecified atom stereocenters. The number of alkyl halides is 3. The second kappa shape index (κ2) is 6.58. The summed E-state index contributed by atoms with van der Waals surface area (Å²) >= 11 is 0. The van der Waals surface area contributed by atoms with Gasteiger partial charge in [0.05, 0.1) is 25.8 Å². The molecule has 1 amide bonds. The maximum absolute atomic E-state index is 12.3. The number of rotatable bonds is 5. The molecule has 112 valence electrons. The van der Waals surface area contributed by atoms with Crippen molar-refractivity contribution >= 4 is 5.91 Å². The Balaban J connectivity index is 2.97. The minimum Gasteiger partial charge on any atom is -0.497 e. The minimum atomic E-state index is -5.01. The number of methoxy groups -OCH3 is 1. The zero-order valence-corrected chi connectivity index (χ0v) is 10.6. The fourth-order valence-electron chi connectivity index (χ4n) is 1.58. The first-order valence-electron chi connectivity index (χ1n) is 5.67. The Morgan fingerprint density at radius 1 is 1.40 bits per heavy atom. The Labute approximate surface area is 113 Å². The number of benzene rings is 1. The molecule has 0 saturated heterocycles. The van der Waals surface area contributed by atoms with E-state index in [4.69, 9.17) is 15.6 Å². The van der Waals surface area contributed by atoms with Gasteiger partial charge in [-0.3, -0.25) is 4.79 Å². The average molecular weight is 292 g/mol. The Bertz CT molecular complexity index is 448. The molecule has 0 aliphatic heterocycles. The molecule has 0 bridgehead atoms. The number of amides is 1. The van der Waals surface area contributed by atoms with Crippen LogP contribution in [-0.4, -0.2) is 36.9 Å². The Hall–Kier alpha value is -1.80. The van der Waals surface area contributed by atoms with Gasteiger partial charge in [0.25, 0.3) is 0 Å². The normalized spacial score (nSPS) is 14.5. The van der Waals surface area contributed by atoms with Gasteiger partial charge < -0.3 is 20.9 Å². The number of hydrogen-bond acceptors (Lipinski definition) is 4. The van der Waals surface area contributed by atoms with Gasteiger partial charge in [-0.2, -0.15) is 13.2 Å². The third kappa shape index (κ3) is 4.10. The van der Waals surface area contributed by atoms with E-state index in [2.05, 4.69) is 0 Å². The summed E-state index contributed by atoms with van der Waals surface area (Å²) in [7, 11) is 1.44. The molecule has 20 heavy (non-hydrogen) atoms. The van der Waals surface area contributed by atoms with Gasteiger partial charge in [0.15, 0.2) is 0 Å². The largest absolute Gasteiger partial charge is 0.497 e. The van der Waals surface area contributed by atoms with E-state index in [0.29, 0.717) is 11.3 Å². The zero-order valence-electron chi connectivity index (χ0n) is 10.6. The van der Waals surface area contributed by atoms with E-state index >= 15 is 0 Å². The zero-order chi connectivity index (χ0) is 15.3. The summed E-state index contributed by atoms with van der Waals surface area (Å²) in [6.45, 7) is -0.575. The van der Waals surface area contributed by atoms with Gasteiger partial charge in [-0.15, -0.1) is 0 Å². The van der Waals surface area contributed by atoms with Crippen LogP contribution in [0.15, 0.2) is 24.3 Å². The van der Waals surface area contributed by atoms with Gasteiger partial charge in [0.1, 0.15) is 5.75 Å². The molecule has 5 nitrogen and oxygen atoms in total. The van der Waals surface area contributed by atoms with Crippen LogP contribution in [0.4, 0.5) is 13.2 Å². The first kappa shape index (κ1) is 16.3. The van der Waals surface area contributed by atoms with Crippen LogP contribution in [0, 0.1) is 0 Å². The monoisotopic (exact) mass is 292 g/mol. The number of aliphatic hydroxyl groups is 1. The summed E-state index contributed by atoms with van der Waals surface area (Å²) < 4.78 is 41.8. The standard InChI is InChI=1S/C12H15F3N2O3/c1-20-8-4-2-7(3-5-8)10(9(16)6-18)17-11(19)12(13,14)15/h2-5,9-10,18H,6,16H2,1H3,(H,17,19). The third-order valence-corrected chi connectivity index (χ3v) is 2.66. The molecule has 8 heteroatoms. The first-order valence-corrected chi connectivity index (χ1v) is 5.67. The summed E-state index contributed by atoms with van der Waals surface area (Å²) in [4.78, 5) is 11.0. The second-order valence-electron chi connectivity index (χ2n) is 4.07. The summed E-state index contributed by atoms with van der Waals surface area (Å²) in [5.74, 6) is -1.60. The summed E-state index contributed by atoms with van der Waals surface area (Å²) in [5.41, 5.74) is 5.89. The van der Waals surface area contributed by atoms with Gasteiger partial charge in [-0.25, -0.2) is 0 Å². The summed E-state index contributed by atoms with van der Waals surface area (Å²) in [5, 5.41) is 10.8. The number of carbonyl (C=O) groups is 1. The molecule has 0 heterocycles. The molecule has 0 aromatic heterocycles. The molecule has 2 atom stereocenters.